The lowest BCUT2D eigenvalue weighted by Crippen LogP contribution is -2.22. The van der Waals surface area contributed by atoms with Gasteiger partial charge in [-0.25, -0.2) is 0 Å². The molecule has 164 valence electrons. The van der Waals surface area contributed by atoms with Crippen molar-refractivity contribution in [3.05, 3.63) is 130 Å². The van der Waals surface area contributed by atoms with Crippen molar-refractivity contribution in [2.45, 2.75) is 5.92 Å². The highest BCUT2D eigenvalue weighted by molar-refractivity contribution is 6.37. The van der Waals surface area contributed by atoms with Crippen LogP contribution in [-0.4, -0.2) is 11.8 Å². The van der Waals surface area contributed by atoms with E-state index in [1.165, 1.54) is 6.07 Å². The van der Waals surface area contributed by atoms with E-state index in [1.54, 1.807) is 36.4 Å². The van der Waals surface area contributed by atoms with E-state index in [0.717, 1.165) is 11.1 Å². The summed E-state index contributed by atoms with van der Waals surface area (Å²) in [6.45, 7) is 0. The Balaban J connectivity index is 1.54. The number of benzene rings is 4. The number of carbonyl (C=O) groups excluding carboxylic acids is 2. The topological polar surface area (TPSA) is 58.2 Å². The second-order valence-corrected chi connectivity index (χ2v) is 8.25. The summed E-state index contributed by atoms with van der Waals surface area (Å²) in [6.07, 6.45) is 0. The Morgan fingerprint density at radius 1 is 0.636 bits per heavy atom. The number of amides is 2. The number of rotatable bonds is 6. The number of carbonyl (C=O) groups is 2. The molecule has 4 aromatic carbocycles. The van der Waals surface area contributed by atoms with Crippen molar-refractivity contribution >= 4 is 46.4 Å². The number of hydrogen-bond acceptors (Lipinski definition) is 2. The van der Waals surface area contributed by atoms with E-state index in [2.05, 4.69) is 10.6 Å². The van der Waals surface area contributed by atoms with Crippen molar-refractivity contribution in [3.8, 4) is 0 Å². The SMILES string of the molecule is O=C(Nc1cccc(NC(=O)C(c2ccccc2)c2ccccc2)c1)c1ccc(Cl)cc1Cl. The zero-order valence-corrected chi connectivity index (χ0v) is 19.0. The van der Waals surface area contributed by atoms with Crippen LogP contribution in [0.5, 0.6) is 0 Å². The highest BCUT2D eigenvalue weighted by atomic mass is 35.5. The molecule has 0 radical (unpaired) electrons. The van der Waals surface area contributed by atoms with Gasteiger partial charge >= 0.3 is 0 Å². The van der Waals surface area contributed by atoms with Gasteiger partial charge in [0.25, 0.3) is 5.91 Å². The lowest BCUT2D eigenvalue weighted by Gasteiger charge is -2.18. The van der Waals surface area contributed by atoms with Crippen molar-refractivity contribution in [2.24, 2.45) is 0 Å². The molecule has 0 aliphatic rings. The normalized spacial score (nSPS) is 10.6. The molecule has 0 saturated heterocycles. The van der Waals surface area contributed by atoms with Crippen LogP contribution in [0.3, 0.4) is 0 Å². The van der Waals surface area contributed by atoms with Gasteiger partial charge in [0.1, 0.15) is 0 Å². The molecule has 2 amide bonds. The highest BCUT2D eigenvalue weighted by Gasteiger charge is 2.22. The summed E-state index contributed by atoms with van der Waals surface area (Å²) in [4.78, 5) is 25.9. The summed E-state index contributed by atoms with van der Waals surface area (Å²) in [5, 5.41) is 6.50. The Bertz CT molecular complexity index is 1240. The van der Waals surface area contributed by atoms with Crippen LogP contribution in [0.1, 0.15) is 27.4 Å². The second kappa shape index (κ2) is 10.3. The van der Waals surface area contributed by atoms with Crippen molar-refractivity contribution in [1.29, 1.82) is 0 Å². The number of hydrogen-bond donors (Lipinski definition) is 2. The monoisotopic (exact) mass is 474 g/mol. The number of anilines is 2. The van der Waals surface area contributed by atoms with Gasteiger partial charge in [-0.1, -0.05) is 89.9 Å². The summed E-state index contributed by atoms with van der Waals surface area (Å²) in [5.74, 6) is -1.01. The number of halogens is 2. The molecule has 0 spiro atoms. The Hall–Kier alpha value is -3.60. The van der Waals surface area contributed by atoms with Gasteiger partial charge in [0, 0.05) is 16.4 Å². The van der Waals surface area contributed by atoms with E-state index < -0.39 is 5.92 Å². The first kappa shape index (κ1) is 22.6. The minimum atomic E-state index is -0.474. The van der Waals surface area contributed by atoms with Crippen molar-refractivity contribution < 1.29 is 9.59 Å². The zero-order valence-electron chi connectivity index (χ0n) is 17.5. The third-order valence-corrected chi connectivity index (χ3v) is 5.64. The average molecular weight is 475 g/mol. The van der Waals surface area contributed by atoms with E-state index in [-0.39, 0.29) is 16.8 Å². The van der Waals surface area contributed by atoms with Crippen LogP contribution in [0.4, 0.5) is 11.4 Å². The van der Waals surface area contributed by atoms with E-state index in [0.29, 0.717) is 22.0 Å². The molecule has 0 aliphatic heterocycles. The molecule has 4 rings (SSSR count). The van der Waals surface area contributed by atoms with Crippen molar-refractivity contribution in [1.82, 2.24) is 0 Å². The molecule has 33 heavy (non-hydrogen) atoms. The van der Waals surface area contributed by atoms with E-state index in [9.17, 15) is 9.59 Å². The lowest BCUT2D eigenvalue weighted by atomic mass is 9.90. The van der Waals surface area contributed by atoms with E-state index in [4.69, 9.17) is 23.2 Å². The third kappa shape index (κ3) is 5.61. The van der Waals surface area contributed by atoms with Crippen molar-refractivity contribution in [3.63, 3.8) is 0 Å². The molecule has 0 saturated carbocycles. The van der Waals surface area contributed by atoms with Gasteiger partial charge in [0.2, 0.25) is 5.91 Å². The van der Waals surface area contributed by atoms with Gasteiger partial charge in [-0.15, -0.1) is 0 Å². The fourth-order valence-electron chi connectivity index (χ4n) is 3.55. The molecule has 6 heteroatoms. The molecule has 4 nitrogen and oxygen atoms in total. The zero-order chi connectivity index (χ0) is 23.2. The van der Waals surface area contributed by atoms with Crippen LogP contribution in [0, 0.1) is 0 Å². The standard InChI is InChI=1S/C27H20Cl2N2O2/c28-20-14-15-23(24(29)16-20)26(32)30-21-12-7-13-22(17-21)31-27(33)25(18-8-3-1-4-9-18)19-10-5-2-6-11-19/h1-17,25H,(H,30,32)(H,31,33). The summed E-state index contributed by atoms with van der Waals surface area (Å²) < 4.78 is 0. The maximum Gasteiger partial charge on any atom is 0.257 e. The molecule has 0 bridgehead atoms. The predicted molar refractivity (Wildman–Crippen MR) is 134 cm³/mol. The summed E-state index contributed by atoms with van der Waals surface area (Å²) >= 11 is 12.0. The van der Waals surface area contributed by atoms with Crippen LogP contribution in [0.15, 0.2) is 103 Å². The minimum Gasteiger partial charge on any atom is -0.325 e. The molecule has 4 aromatic rings. The average Bonchev–Trinajstić information content (AvgIpc) is 2.81. The van der Waals surface area contributed by atoms with Gasteiger partial charge < -0.3 is 10.6 Å². The minimum absolute atomic E-state index is 0.170. The Labute approximate surface area is 202 Å². The lowest BCUT2D eigenvalue weighted by molar-refractivity contribution is -0.116. The molecule has 0 heterocycles. The molecular formula is C27H20Cl2N2O2. The van der Waals surface area contributed by atoms with Gasteiger partial charge in [0.05, 0.1) is 16.5 Å². The van der Waals surface area contributed by atoms with Gasteiger partial charge in [-0.2, -0.15) is 0 Å². The quantitative estimate of drug-likeness (QED) is 0.315. The first-order valence-corrected chi connectivity index (χ1v) is 11.0. The largest absolute Gasteiger partial charge is 0.325 e. The molecule has 2 N–H and O–H groups in total. The Kier molecular flexibility index (Phi) is 7.08. The van der Waals surface area contributed by atoms with Gasteiger partial charge in [0.15, 0.2) is 0 Å². The molecule has 0 unspecified atom stereocenters. The molecule has 0 aromatic heterocycles. The van der Waals surface area contributed by atoms with E-state index >= 15 is 0 Å². The molecular weight excluding hydrogens is 455 g/mol. The van der Waals surface area contributed by atoms with Crippen LogP contribution in [0.2, 0.25) is 10.0 Å². The van der Waals surface area contributed by atoms with Crippen LogP contribution >= 0.6 is 23.2 Å². The predicted octanol–water partition coefficient (Wildman–Crippen LogP) is 7.02. The summed E-state index contributed by atoms with van der Waals surface area (Å²) in [7, 11) is 0. The molecule has 0 atom stereocenters. The highest BCUT2D eigenvalue weighted by Crippen LogP contribution is 2.27. The van der Waals surface area contributed by atoms with Crippen LogP contribution < -0.4 is 10.6 Å². The van der Waals surface area contributed by atoms with Crippen molar-refractivity contribution in [2.75, 3.05) is 10.6 Å². The second-order valence-electron chi connectivity index (χ2n) is 7.40. The third-order valence-electron chi connectivity index (χ3n) is 5.09. The number of nitrogens with one attached hydrogen (secondary N) is 2. The van der Waals surface area contributed by atoms with Crippen LogP contribution in [0.25, 0.3) is 0 Å². The first-order chi connectivity index (χ1) is 16.0. The Morgan fingerprint density at radius 2 is 1.21 bits per heavy atom. The Morgan fingerprint density at radius 3 is 1.79 bits per heavy atom. The summed E-state index contributed by atoms with van der Waals surface area (Å²) in [5.41, 5.74) is 3.19. The van der Waals surface area contributed by atoms with Gasteiger partial charge in [-0.3, -0.25) is 9.59 Å². The van der Waals surface area contributed by atoms with Gasteiger partial charge in [-0.05, 0) is 47.5 Å². The summed E-state index contributed by atoms with van der Waals surface area (Å²) in [6, 6.07) is 30.9. The van der Waals surface area contributed by atoms with E-state index in [1.807, 2.05) is 60.7 Å². The molecule has 0 fully saturated rings. The molecule has 0 aliphatic carbocycles. The maximum atomic E-state index is 13.3. The van der Waals surface area contributed by atoms with Crippen LogP contribution in [-0.2, 0) is 4.79 Å². The first-order valence-electron chi connectivity index (χ1n) is 10.3. The maximum absolute atomic E-state index is 13.3. The fourth-order valence-corrected chi connectivity index (χ4v) is 4.04. The fraction of sp³-hybridized carbons (Fsp3) is 0.0370. The smallest absolute Gasteiger partial charge is 0.257 e.